The van der Waals surface area contributed by atoms with Crippen LogP contribution < -0.4 is 5.32 Å². The summed E-state index contributed by atoms with van der Waals surface area (Å²) in [6.07, 6.45) is 12.8. The lowest BCUT2D eigenvalue weighted by atomic mass is 9.74. The van der Waals surface area contributed by atoms with Gasteiger partial charge in [0.2, 0.25) is 11.8 Å². The van der Waals surface area contributed by atoms with Gasteiger partial charge in [-0.05, 0) is 105 Å². The van der Waals surface area contributed by atoms with Crippen LogP contribution in [0.5, 0.6) is 0 Å². The fraction of sp³-hybridized carbons (Fsp3) is 0.545. The fourth-order valence-corrected chi connectivity index (χ4v) is 10.3. The molecule has 8 rings (SSSR count). The van der Waals surface area contributed by atoms with Gasteiger partial charge in [-0.15, -0.1) is 0 Å². The van der Waals surface area contributed by atoms with E-state index in [-0.39, 0.29) is 36.2 Å². The molecule has 5 aliphatic rings. The second kappa shape index (κ2) is 15.4. The summed E-state index contributed by atoms with van der Waals surface area (Å²) in [5.74, 6) is 0.403. The smallest absolute Gasteiger partial charge is 0.230 e. The topological polar surface area (TPSA) is 74.9 Å². The van der Waals surface area contributed by atoms with Gasteiger partial charge in [-0.2, -0.15) is 0 Å². The maximum atomic E-state index is 14.2. The Labute approximate surface area is 314 Å². The number of benzene rings is 2. The van der Waals surface area contributed by atoms with E-state index >= 15 is 0 Å². The molecule has 3 aliphatic heterocycles. The molecule has 0 fully saturated rings. The minimum Gasteiger partial charge on any atom is -0.384 e. The van der Waals surface area contributed by atoms with Crippen LogP contribution in [0.25, 0.3) is 22.0 Å². The van der Waals surface area contributed by atoms with Crippen LogP contribution in [0.2, 0.25) is 0 Å². The van der Waals surface area contributed by atoms with Crippen LogP contribution in [-0.2, 0) is 16.0 Å². The number of nitrogens with one attached hydrogen (secondary N) is 2. The molecule has 282 valence electrons. The molecule has 9 heteroatoms. The van der Waals surface area contributed by atoms with Crippen molar-refractivity contribution in [2.24, 2.45) is 11.8 Å². The van der Waals surface area contributed by atoms with Gasteiger partial charge in [-0.3, -0.25) is 19.4 Å². The molecular formula is C44H57FN6O2. The number of aromatic nitrogens is 1. The standard InChI is InChI=1S/C44H57FN6O2/c1-4-17-50-27-31(21-35-33-12-10-14-37-41(33)29(25-46-37)23-39(35)50)43(52)48(5-2)18-8-7-9-19-51-28-32(44(53)49(6-3)20-16-45)22-36-34-13-11-15-38-42(34)30(26-47-38)24-40(36)51/h10-15,21-22,26,29,31-32,39-40,46-47H,4-9,16-20,23-25,27-28H2,1-3H3/t29?,31-,32-,39-,40-/m1/s1. The lowest BCUT2D eigenvalue weighted by Crippen LogP contribution is -2.50. The first-order valence-electron chi connectivity index (χ1n) is 20.4. The molecule has 0 radical (unpaired) electrons. The highest BCUT2D eigenvalue weighted by molar-refractivity contribution is 5.99. The fourth-order valence-electron chi connectivity index (χ4n) is 10.3. The summed E-state index contributed by atoms with van der Waals surface area (Å²) in [6, 6.07) is 13.7. The normalized spacial score (nSPS) is 24.5. The largest absolute Gasteiger partial charge is 0.384 e. The number of fused-ring (bicyclic) bond motifs is 4. The van der Waals surface area contributed by atoms with E-state index in [0.717, 1.165) is 76.8 Å². The number of H-pyrrole nitrogens is 1. The van der Waals surface area contributed by atoms with Crippen molar-refractivity contribution in [2.45, 2.75) is 77.3 Å². The third-order valence-corrected chi connectivity index (χ3v) is 12.9. The summed E-state index contributed by atoms with van der Waals surface area (Å²) in [6.45, 7) is 12.3. The molecule has 0 bridgehead atoms. The van der Waals surface area contributed by atoms with E-state index in [4.69, 9.17) is 0 Å². The Morgan fingerprint density at radius 3 is 2.26 bits per heavy atom. The van der Waals surface area contributed by atoms with Gasteiger partial charge in [0.15, 0.2) is 0 Å². The first-order valence-corrected chi connectivity index (χ1v) is 20.4. The van der Waals surface area contributed by atoms with Crippen molar-refractivity contribution in [1.82, 2.24) is 24.6 Å². The van der Waals surface area contributed by atoms with E-state index in [1.807, 2.05) is 6.92 Å². The van der Waals surface area contributed by atoms with Crippen LogP contribution >= 0.6 is 0 Å². The number of amides is 2. The molecule has 2 N–H and O–H groups in total. The van der Waals surface area contributed by atoms with Crippen molar-refractivity contribution in [1.29, 1.82) is 0 Å². The molecular weight excluding hydrogens is 664 g/mol. The summed E-state index contributed by atoms with van der Waals surface area (Å²) >= 11 is 0. The predicted octanol–water partition coefficient (Wildman–Crippen LogP) is 6.95. The maximum Gasteiger partial charge on any atom is 0.230 e. The number of carbonyl (C=O) groups excluding carboxylic acids is 2. The summed E-state index contributed by atoms with van der Waals surface area (Å²) < 4.78 is 13.4. The minimum atomic E-state index is -0.527. The molecule has 0 saturated carbocycles. The number of alkyl halides is 1. The van der Waals surface area contributed by atoms with Crippen molar-refractivity contribution in [3.05, 3.63) is 77.0 Å². The number of halogens is 1. The molecule has 2 aromatic carbocycles. The highest BCUT2D eigenvalue weighted by atomic mass is 19.1. The van der Waals surface area contributed by atoms with Crippen LogP contribution in [0.4, 0.5) is 10.1 Å². The van der Waals surface area contributed by atoms with E-state index in [0.29, 0.717) is 31.6 Å². The molecule has 0 spiro atoms. The summed E-state index contributed by atoms with van der Waals surface area (Å²) in [7, 11) is 0. The van der Waals surface area contributed by atoms with Crippen molar-refractivity contribution >= 4 is 39.6 Å². The molecule has 2 aliphatic carbocycles. The lowest BCUT2D eigenvalue weighted by molar-refractivity contribution is -0.135. The summed E-state index contributed by atoms with van der Waals surface area (Å²) in [4.78, 5) is 40.3. The van der Waals surface area contributed by atoms with Gasteiger partial charge in [0.05, 0.1) is 11.8 Å². The van der Waals surface area contributed by atoms with Crippen LogP contribution in [0.3, 0.4) is 0 Å². The first-order chi connectivity index (χ1) is 25.9. The van der Waals surface area contributed by atoms with Crippen molar-refractivity contribution < 1.29 is 14.0 Å². The molecule has 1 aromatic heterocycles. The van der Waals surface area contributed by atoms with Gasteiger partial charge in [-0.1, -0.05) is 49.8 Å². The van der Waals surface area contributed by atoms with Gasteiger partial charge in [0.25, 0.3) is 0 Å². The highest BCUT2D eigenvalue weighted by Crippen LogP contribution is 2.49. The molecule has 53 heavy (non-hydrogen) atoms. The lowest BCUT2D eigenvalue weighted by Gasteiger charge is -2.44. The van der Waals surface area contributed by atoms with Gasteiger partial charge >= 0.3 is 0 Å². The number of aromatic amines is 1. The van der Waals surface area contributed by atoms with Crippen LogP contribution in [0.15, 0.2) is 54.7 Å². The number of carbonyl (C=O) groups is 2. The Bertz CT molecular complexity index is 1900. The van der Waals surface area contributed by atoms with Crippen LogP contribution in [0.1, 0.15) is 81.0 Å². The minimum absolute atomic E-state index is 0.0214. The predicted molar refractivity (Wildman–Crippen MR) is 213 cm³/mol. The van der Waals surface area contributed by atoms with E-state index < -0.39 is 6.67 Å². The summed E-state index contributed by atoms with van der Waals surface area (Å²) in [5, 5.41) is 4.90. The Morgan fingerprint density at radius 2 is 1.53 bits per heavy atom. The van der Waals surface area contributed by atoms with Crippen LogP contribution in [0, 0.1) is 11.8 Å². The molecule has 5 atom stereocenters. The molecule has 0 saturated heterocycles. The number of hydrogen-bond donors (Lipinski definition) is 2. The maximum absolute atomic E-state index is 14.2. The summed E-state index contributed by atoms with van der Waals surface area (Å²) in [5.41, 5.74) is 10.4. The quantitative estimate of drug-likeness (QED) is 0.177. The van der Waals surface area contributed by atoms with Gasteiger partial charge < -0.3 is 20.1 Å². The Hall–Kier alpha value is -3.95. The van der Waals surface area contributed by atoms with Gasteiger partial charge in [0.1, 0.15) is 6.67 Å². The monoisotopic (exact) mass is 720 g/mol. The number of hydrogen-bond acceptors (Lipinski definition) is 5. The average Bonchev–Trinajstić information content (AvgIpc) is 3.80. The molecule has 3 aromatic rings. The van der Waals surface area contributed by atoms with E-state index in [9.17, 15) is 14.0 Å². The van der Waals surface area contributed by atoms with E-state index in [1.54, 1.807) is 4.90 Å². The Morgan fingerprint density at radius 1 is 0.830 bits per heavy atom. The first kappa shape index (κ1) is 36.0. The second-order valence-corrected chi connectivity index (χ2v) is 15.9. The number of anilines is 1. The highest BCUT2D eigenvalue weighted by Gasteiger charge is 2.42. The molecule has 4 heterocycles. The number of rotatable bonds is 14. The zero-order valence-electron chi connectivity index (χ0n) is 31.9. The third kappa shape index (κ3) is 6.62. The van der Waals surface area contributed by atoms with Crippen molar-refractivity contribution in [3.63, 3.8) is 0 Å². The average molecular weight is 721 g/mol. The van der Waals surface area contributed by atoms with E-state index in [2.05, 4.69) is 93.6 Å². The van der Waals surface area contributed by atoms with Crippen LogP contribution in [-0.4, -0.2) is 114 Å². The molecule has 1 unspecified atom stereocenters. The Balaban J connectivity index is 0.933. The SMILES string of the molecule is CCCN1C[C@H](C(=O)N(CC)CCCCCN2C[C@H](C(=O)N(CC)CCF)C=C3c4cccc5[nH]cc(c45)C[C@H]32)C=C2c3cccc4c3C(CN4)C[C@H]21. The molecule has 2 amide bonds. The zero-order chi connectivity index (χ0) is 36.6. The third-order valence-electron chi connectivity index (χ3n) is 12.9. The van der Waals surface area contributed by atoms with E-state index in [1.165, 1.54) is 44.5 Å². The van der Waals surface area contributed by atoms with Crippen molar-refractivity contribution in [3.8, 4) is 0 Å². The van der Waals surface area contributed by atoms with Gasteiger partial charge in [0, 0.05) is 86.6 Å². The van der Waals surface area contributed by atoms with Gasteiger partial charge in [-0.25, -0.2) is 4.39 Å². The number of nitrogens with zero attached hydrogens (tertiary/aromatic N) is 4. The molecule has 8 nitrogen and oxygen atoms in total. The Kier molecular flexibility index (Phi) is 10.5. The number of unbranched alkanes of at least 4 members (excludes halogenated alkanes) is 2. The zero-order valence-corrected chi connectivity index (χ0v) is 31.9. The second-order valence-electron chi connectivity index (χ2n) is 15.9. The van der Waals surface area contributed by atoms with Crippen molar-refractivity contribution in [2.75, 3.05) is 70.9 Å².